The highest BCUT2D eigenvalue weighted by Crippen LogP contribution is 2.13. The standard InChI is InChI=1S/C10H15N3O3/c1-4-16-10(14)6-13(2)8-5-9(15-3)12-7-11-8/h5,7H,4,6H2,1-3H3. The molecule has 1 aromatic rings. The first kappa shape index (κ1) is 12.2. The van der Waals surface area contributed by atoms with Gasteiger partial charge >= 0.3 is 5.97 Å². The summed E-state index contributed by atoms with van der Waals surface area (Å²) in [6, 6.07) is 1.65. The largest absolute Gasteiger partial charge is 0.481 e. The van der Waals surface area contributed by atoms with Gasteiger partial charge in [0.15, 0.2) is 0 Å². The van der Waals surface area contributed by atoms with Crippen molar-refractivity contribution in [1.82, 2.24) is 9.97 Å². The molecule has 0 spiro atoms. The summed E-state index contributed by atoms with van der Waals surface area (Å²) in [5.74, 6) is 0.781. The Morgan fingerprint density at radius 2 is 2.25 bits per heavy atom. The molecule has 0 atom stereocenters. The number of rotatable bonds is 5. The normalized spacial score (nSPS) is 9.69. The minimum Gasteiger partial charge on any atom is -0.481 e. The maximum Gasteiger partial charge on any atom is 0.325 e. The van der Waals surface area contributed by atoms with Crippen molar-refractivity contribution in [3.05, 3.63) is 12.4 Å². The van der Waals surface area contributed by atoms with Gasteiger partial charge in [-0.2, -0.15) is 0 Å². The van der Waals surface area contributed by atoms with E-state index in [0.29, 0.717) is 18.3 Å². The maximum atomic E-state index is 11.2. The maximum absolute atomic E-state index is 11.2. The second kappa shape index (κ2) is 5.89. The molecule has 0 bridgehead atoms. The predicted molar refractivity (Wildman–Crippen MR) is 58.5 cm³/mol. The van der Waals surface area contributed by atoms with Gasteiger partial charge in [-0.3, -0.25) is 4.79 Å². The quantitative estimate of drug-likeness (QED) is 0.679. The van der Waals surface area contributed by atoms with E-state index in [9.17, 15) is 4.79 Å². The van der Waals surface area contributed by atoms with E-state index in [1.165, 1.54) is 13.4 Å². The summed E-state index contributed by atoms with van der Waals surface area (Å²) in [7, 11) is 3.27. The molecular weight excluding hydrogens is 210 g/mol. The first-order valence-corrected chi connectivity index (χ1v) is 4.90. The molecule has 0 aliphatic rings. The summed E-state index contributed by atoms with van der Waals surface area (Å²) in [5, 5.41) is 0. The van der Waals surface area contributed by atoms with Crippen LogP contribution in [0.3, 0.4) is 0 Å². The number of nitrogens with zero attached hydrogens (tertiary/aromatic N) is 3. The van der Waals surface area contributed by atoms with Crippen molar-refractivity contribution in [1.29, 1.82) is 0 Å². The van der Waals surface area contributed by atoms with Gasteiger partial charge < -0.3 is 14.4 Å². The molecule has 0 saturated heterocycles. The molecular formula is C10H15N3O3. The Morgan fingerprint density at radius 3 is 2.88 bits per heavy atom. The summed E-state index contributed by atoms with van der Waals surface area (Å²) in [6.07, 6.45) is 1.38. The molecule has 0 unspecified atom stereocenters. The lowest BCUT2D eigenvalue weighted by atomic mass is 10.5. The molecule has 1 heterocycles. The minimum absolute atomic E-state index is 0.147. The second-order valence-corrected chi connectivity index (χ2v) is 3.08. The predicted octanol–water partition coefficient (Wildman–Crippen LogP) is 0.484. The highest BCUT2D eigenvalue weighted by molar-refractivity contribution is 5.75. The smallest absolute Gasteiger partial charge is 0.325 e. The van der Waals surface area contributed by atoms with Gasteiger partial charge in [0, 0.05) is 13.1 Å². The van der Waals surface area contributed by atoms with E-state index in [1.807, 2.05) is 0 Å². The first-order valence-electron chi connectivity index (χ1n) is 4.90. The average molecular weight is 225 g/mol. The molecule has 0 N–H and O–H groups in total. The van der Waals surface area contributed by atoms with Crippen molar-refractivity contribution in [3.8, 4) is 5.88 Å². The number of carbonyl (C=O) groups is 1. The zero-order valence-electron chi connectivity index (χ0n) is 9.64. The Morgan fingerprint density at radius 1 is 1.50 bits per heavy atom. The van der Waals surface area contributed by atoms with Crippen molar-refractivity contribution in [2.24, 2.45) is 0 Å². The highest BCUT2D eigenvalue weighted by atomic mass is 16.5. The minimum atomic E-state index is -0.289. The van der Waals surface area contributed by atoms with Crippen molar-refractivity contribution in [3.63, 3.8) is 0 Å². The Labute approximate surface area is 94.2 Å². The zero-order valence-corrected chi connectivity index (χ0v) is 9.64. The van der Waals surface area contributed by atoms with Gasteiger partial charge in [0.05, 0.1) is 13.7 Å². The van der Waals surface area contributed by atoms with Crippen LogP contribution in [0.15, 0.2) is 12.4 Å². The van der Waals surface area contributed by atoms with Crippen LogP contribution in [-0.2, 0) is 9.53 Å². The van der Waals surface area contributed by atoms with Gasteiger partial charge in [0.2, 0.25) is 5.88 Å². The Kier molecular flexibility index (Phi) is 4.50. The molecule has 16 heavy (non-hydrogen) atoms. The summed E-state index contributed by atoms with van der Waals surface area (Å²) in [6.45, 7) is 2.29. The SMILES string of the molecule is CCOC(=O)CN(C)c1cc(OC)ncn1. The molecule has 1 rings (SSSR count). The fraction of sp³-hybridized carbons (Fsp3) is 0.500. The average Bonchev–Trinajstić information content (AvgIpc) is 2.29. The monoisotopic (exact) mass is 225 g/mol. The number of methoxy groups -OCH3 is 1. The third kappa shape index (κ3) is 3.38. The van der Waals surface area contributed by atoms with Gasteiger partial charge in [-0.05, 0) is 6.92 Å². The lowest BCUT2D eigenvalue weighted by Gasteiger charge is -2.16. The van der Waals surface area contributed by atoms with E-state index in [0.717, 1.165) is 0 Å². The van der Waals surface area contributed by atoms with Crippen molar-refractivity contribution in [2.75, 3.05) is 32.2 Å². The molecule has 1 aromatic heterocycles. The lowest BCUT2D eigenvalue weighted by molar-refractivity contribution is -0.141. The Hall–Kier alpha value is -1.85. The molecule has 6 heteroatoms. The number of anilines is 1. The Balaban J connectivity index is 2.64. The number of aromatic nitrogens is 2. The molecule has 6 nitrogen and oxygen atoms in total. The van der Waals surface area contributed by atoms with Crippen LogP contribution in [0.5, 0.6) is 5.88 Å². The third-order valence-corrected chi connectivity index (χ3v) is 1.90. The highest BCUT2D eigenvalue weighted by Gasteiger charge is 2.09. The number of ether oxygens (including phenoxy) is 2. The number of likely N-dealkylation sites (N-methyl/N-ethyl adjacent to an activating group) is 1. The van der Waals surface area contributed by atoms with Gasteiger partial charge in [0.25, 0.3) is 0 Å². The van der Waals surface area contributed by atoms with E-state index >= 15 is 0 Å². The molecule has 0 saturated carbocycles. The van der Waals surface area contributed by atoms with Gasteiger partial charge in [-0.25, -0.2) is 9.97 Å². The lowest BCUT2D eigenvalue weighted by Crippen LogP contribution is -2.27. The van der Waals surface area contributed by atoms with Gasteiger partial charge in [-0.15, -0.1) is 0 Å². The van der Waals surface area contributed by atoms with Crippen molar-refractivity contribution in [2.45, 2.75) is 6.92 Å². The van der Waals surface area contributed by atoms with Crippen LogP contribution in [0.2, 0.25) is 0 Å². The van der Waals surface area contributed by atoms with E-state index < -0.39 is 0 Å². The van der Waals surface area contributed by atoms with Crippen LogP contribution in [0.1, 0.15) is 6.92 Å². The molecule has 0 aromatic carbocycles. The van der Waals surface area contributed by atoms with Crippen molar-refractivity contribution < 1.29 is 14.3 Å². The van der Waals surface area contributed by atoms with Crippen LogP contribution in [0.25, 0.3) is 0 Å². The summed E-state index contributed by atoms with van der Waals surface area (Å²) < 4.78 is 9.80. The van der Waals surface area contributed by atoms with Crippen LogP contribution in [-0.4, -0.2) is 43.2 Å². The number of hydrogen-bond acceptors (Lipinski definition) is 6. The molecule has 88 valence electrons. The van der Waals surface area contributed by atoms with Gasteiger partial charge in [-0.1, -0.05) is 0 Å². The summed E-state index contributed by atoms with van der Waals surface area (Å²) >= 11 is 0. The zero-order chi connectivity index (χ0) is 12.0. The summed E-state index contributed by atoms with van der Waals surface area (Å²) in [4.78, 5) is 20.8. The van der Waals surface area contributed by atoms with E-state index in [2.05, 4.69) is 9.97 Å². The third-order valence-electron chi connectivity index (χ3n) is 1.90. The van der Waals surface area contributed by atoms with E-state index in [1.54, 1.807) is 24.9 Å². The second-order valence-electron chi connectivity index (χ2n) is 3.08. The number of esters is 1. The van der Waals surface area contributed by atoms with Crippen LogP contribution in [0.4, 0.5) is 5.82 Å². The van der Waals surface area contributed by atoms with Crippen LogP contribution < -0.4 is 9.64 Å². The number of hydrogen-bond donors (Lipinski definition) is 0. The first-order chi connectivity index (χ1) is 7.67. The van der Waals surface area contributed by atoms with Crippen LogP contribution >= 0.6 is 0 Å². The fourth-order valence-electron chi connectivity index (χ4n) is 1.13. The molecule has 0 aliphatic heterocycles. The topological polar surface area (TPSA) is 64.5 Å². The van der Waals surface area contributed by atoms with E-state index in [4.69, 9.17) is 9.47 Å². The van der Waals surface area contributed by atoms with E-state index in [-0.39, 0.29) is 12.5 Å². The molecule has 0 radical (unpaired) electrons. The summed E-state index contributed by atoms with van der Waals surface area (Å²) in [5.41, 5.74) is 0. The van der Waals surface area contributed by atoms with Crippen molar-refractivity contribution >= 4 is 11.8 Å². The van der Waals surface area contributed by atoms with Crippen LogP contribution in [0, 0.1) is 0 Å². The molecule has 0 amide bonds. The molecule has 0 fully saturated rings. The molecule has 0 aliphatic carbocycles. The number of carbonyl (C=O) groups excluding carboxylic acids is 1. The van der Waals surface area contributed by atoms with Gasteiger partial charge in [0.1, 0.15) is 18.7 Å². The fourth-order valence-corrected chi connectivity index (χ4v) is 1.13. The Bertz CT molecular complexity index is 357.